The van der Waals surface area contributed by atoms with E-state index >= 15 is 0 Å². The summed E-state index contributed by atoms with van der Waals surface area (Å²) in [5.74, 6) is 0. The molecule has 0 bridgehead atoms. The molecule has 16 heavy (non-hydrogen) atoms. The topological polar surface area (TPSA) is 35.8 Å². The summed E-state index contributed by atoms with van der Waals surface area (Å²) in [5, 5.41) is 8.70. The zero-order valence-electron chi connectivity index (χ0n) is 8.51. The number of nitrogens with one attached hydrogen (secondary N) is 1. The Morgan fingerprint density at radius 2 is 1.38 bits per heavy atom. The highest BCUT2D eigenvalue weighted by atomic mass is 32.1. The molecule has 0 heterocycles. The van der Waals surface area contributed by atoms with E-state index in [0.717, 1.165) is 16.8 Å². The molecule has 2 aromatic carbocycles. The average molecular weight is 226 g/mol. The standard InChI is InChI=1S/C13H10N2S/c14-9-10-1-3-11(4-2-10)12-5-7-13(15-16)8-6-12/h1-8,15-16H. The van der Waals surface area contributed by atoms with E-state index in [1.807, 2.05) is 48.5 Å². The van der Waals surface area contributed by atoms with E-state index in [1.54, 1.807) is 0 Å². The van der Waals surface area contributed by atoms with E-state index in [1.165, 1.54) is 0 Å². The Morgan fingerprint density at radius 3 is 1.81 bits per heavy atom. The molecule has 0 unspecified atom stereocenters. The van der Waals surface area contributed by atoms with Crippen LogP contribution in [-0.2, 0) is 0 Å². The van der Waals surface area contributed by atoms with Gasteiger partial charge in [-0.05, 0) is 35.4 Å². The normalized spacial score (nSPS) is 9.50. The third-order valence-corrected chi connectivity index (χ3v) is 2.62. The minimum Gasteiger partial charge on any atom is -0.332 e. The molecule has 0 aliphatic carbocycles. The lowest BCUT2D eigenvalue weighted by atomic mass is 10.0. The van der Waals surface area contributed by atoms with Gasteiger partial charge in [-0.1, -0.05) is 37.1 Å². The van der Waals surface area contributed by atoms with Crippen molar-refractivity contribution in [2.75, 3.05) is 4.72 Å². The van der Waals surface area contributed by atoms with E-state index in [2.05, 4.69) is 23.6 Å². The number of rotatable bonds is 2. The highest BCUT2D eigenvalue weighted by Gasteiger charge is 1.97. The first-order chi connectivity index (χ1) is 7.83. The molecule has 0 aromatic heterocycles. The first kappa shape index (κ1) is 10.6. The second-order valence-corrected chi connectivity index (χ2v) is 3.60. The highest BCUT2D eigenvalue weighted by molar-refractivity contribution is 7.81. The smallest absolute Gasteiger partial charge is 0.0991 e. The number of nitrogens with zero attached hydrogens (tertiary/aromatic N) is 1. The lowest BCUT2D eigenvalue weighted by Gasteiger charge is -2.03. The zero-order chi connectivity index (χ0) is 11.4. The first-order valence-corrected chi connectivity index (χ1v) is 5.29. The second kappa shape index (κ2) is 4.73. The van der Waals surface area contributed by atoms with Crippen molar-refractivity contribution in [1.29, 1.82) is 5.26 Å². The second-order valence-electron chi connectivity index (χ2n) is 3.38. The van der Waals surface area contributed by atoms with Crippen molar-refractivity contribution in [2.45, 2.75) is 0 Å². The van der Waals surface area contributed by atoms with Gasteiger partial charge in [0.15, 0.2) is 0 Å². The summed E-state index contributed by atoms with van der Waals surface area (Å²) in [7, 11) is 0. The van der Waals surface area contributed by atoms with Crippen LogP contribution in [0.25, 0.3) is 11.1 Å². The molecule has 0 aliphatic heterocycles. The summed E-state index contributed by atoms with van der Waals surface area (Å²) in [6.45, 7) is 0. The molecule has 0 aliphatic rings. The van der Waals surface area contributed by atoms with Crippen molar-refractivity contribution in [3.05, 3.63) is 54.1 Å². The molecule has 0 radical (unpaired) electrons. The van der Waals surface area contributed by atoms with E-state index in [0.29, 0.717) is 5.56 Å². The summed E-state index contributed by atoms with van der Waals surface area (Å²) in [6, 6.07) is 17.6. The molecule has 1 N–H and O–H groups in total. The summed E-state index contributed by atoms with van der Waals surface area (Å²) < 4.78 is 2.78. The van der Waals surface area contributed by atoms with Gasteiger partial charge in [-0.3, -0.25) is 0 Å². The van der Waals surface area contributed by atoms with Crippen LogP contribution < -0.4 is 4.72 Å². The van der Waals surface area contributed by atoms with Crippen LogP contribution in [0.5, 0.6) is 0 Å². The molecular formula is C13H10N2S. The maximum Gasteiger partial charge on any atom is 0.0991 e. The summed E-state index contributed by atoms with van der Waals surface area (Å²) in [5.41, 5.74) is 3.86. The van der Waals surface area contributed by atoms with Crippen molar-refractivity contribution < 1.29 is 0 Å². The van der Waals surface area contributed by atoms with Gasteiger partial charge < -0.3 is 4.72 Å². The Kier molecular flexibility index (Phi) is 3.13. The number of nitriles is 1. The summed E-state index contributed by atoms with van der Waals surface area (Å²) in [6.07, 6.45) is 0. The van der Waals surface area contributed by atoms with E-state index in [-0.39, 0.29) is 0 Å². The van der Waals surface area contributed by atoms with E-state index in [9.17, 15) is 0 Å². The number of anilines is 1. The van der Waals surface area contributed by atoms with Crippen molar-refractivity contribution in [1.82, 2.24) is 0 Å². The third-order valence-electron chi connectivity index (χ3n) is 2.36. The Balaban J connectivity index is 2.32. The van der Waals surface area contributed by atoms with Crippen LogP contribution in [0, 0.1) is 11.3 Å². The van der Waals surface area contributed by atoms with Crippen LogP contribution in [0.1, 0.15) is 5.56 Å². The first-order valence-electron chi connectivity index (χ1n) is 4.84. The van der Waals surface area contributed by atoms with Gasteiger partial charge in [-0.2, -0.15) is 5.26 Å². The molecule has 0 fully saturated rings. The van der Waals surface area contributed by atoms with Gasteiger partial charge in [0.2, 0.25) is 0 Å². The number of benzene rings is 2. The minimum absolute atomic E-state index is 0.678. The van der Waals surface area contributed by atoms with Crippen LogP contribution in [0.3, 0.4) is 0 Å². The molecular weight excluding hydrogens is 216 g/mol. The average Bonchev–Trinajstić information content (AvgIpc) is 2.39. The highest BCUT2D eigenvalue weighted by Crippen LogP contribution is 2.21. The van der Waals surface area contributed by atoms with Crippen molar-refractivity contribution in [3.8, 4) is 17.2 Å². The lowest BCUT2D eigenvalue weighted by Crippen LogP contribution is -1.82. The van der Waals surface area contributed by atoms with Crippen LogP contribution in [0.4, 0.5) is 5.69 Å². The summed E-state index contributed by atoms with van der Waals surface area (Å²) >= 11 is 3.97. The van der Waals surface area contributed by atoms with Crippen molar-refractivity contribution in [2.24, 2.45) is 0 Å². The predicted octanol–water partition coefficient (Wildman–Crippen LogP) is 3.48. The van der Waals surface area contributed by atoms with Gasteiger partial charge in [-0.25, -0.2) is 0 Å². The Hall–Kier alpha value is -1.92. The molecule has 2 nitrogen and oxygen atoms in total. The fraction of sp³-hybridized carbons (Fsp3) is 0. The molecule has 0 spiro atoms. The maximum absolute atomic E-state index is 8.70. The lowest BCUT2D eigenvalue weighted by molar-refractivity contribution is 1.48. The number of thiol groups is 1. The molecule has 3 heteroatoms. The number of hydrogen-bond acceptors (Lipinski definition) is 3. The molecule has 0 atom stereocenters. The minimum atomic E-state index is 0.678. The zero-order valence-corrected chi connectivity index (χ0v) is 9.41. The van der Waals surface area contributed by atoms with Gasteiger partial charge in [0.05, 0.1) is 11.6 Å². The van der Waals surface area contributed by atoms with Crippen LogP contribution in [0.15, 0.2) is 48.5 Å². The van der Waals surface area contributed by atoms with Gasteiger partial charge in [0.1, 0.15) is 0 Å². The SMILES string of the molecule is N#Cc1ccc(-c2ccc(NS)cc2)cc1. The van der Waals surface area contributed by atoms with Gasteiger partial charge in [0, 0.05) is 5.69 Å². The molecule has 0 saturated carbocycles. The largest absolute Gasteiger partial charge is 0.332 e. The fourth-order valence-electron chi connectivity index (χ4n) is 1.47. The Morgan fingerprint density at radius 1 is 0.875 bits per heavy atom. The summed E-state index contributed by atoms with van der Waals surface area (Å²) in [4.78, 5) is 0. The van der Waals surface area contributed by atoms with Crippen LogP contribution in [-0.4, -0.2) is 0 Å². The molecule has 0 amide bonds. The molecule has 0 saturated heterocycles. The van der Waals surface area contributed by atoms with Crippen molar-refractivity contribution in [3.63, 3.8) is 0 Å². The monoisotopic (exact) mass is 226 g/mol. The fourth-order valence-corrected chi connectivity index (χ4v) is 1.62. The maximum atomic E-state index is 8.70. The van der Waals surface area contributed by atoms with Gasteiger partial charge in [-0.15, -0.1) is 0 Å². The third kappa shape index (κ3) is 2.18. The molecule has 78 valence electrons. The quantitative estimate of drug-likeness (QED) is 0.769. The van der Waals surface area contributed by atoms with Gasteiger partial charge >= 0.3 is 0 Å². The molecule has 2 rings (SSSR count). The Labute approximate surface area is 100 Å². The van der Waals surface area contributed by atoms with Crippen LogP contribution >= 0.6 is 12.8 Å². The van der Waals surface area contributed by atoms with E-state index in [4.69, 9.17) is 5.26 Å². The van der Waals surface area contributed by atoms with E-state index < -0.39 is 0 Å². The number of hydrogen-bond donors (Lipinski definition) is 2. The molecule has 2 aromatic rings. The predicted molar refractivity (Wildman–Crippen MR) is 69.2 cm³/mol. The van der Waals surface area contributed by atoms with Crippen molar-refractivity contribution >= 4 is 18.5 Å². The van der Waals surface area contributed by atoms with Gasteiger partial charge in [0.25, 0.3) is 0 Å². The van der Waals surface area contributed by atoms with Crippen LogP contribution in [0.2, 0.25) is 0 Å². The Bertz CT molecular complexity index is 509.